The topological polar surface area (TPSA) is 63.6 Å². The van der Waals surface area contributed by atoms with Gasteiger partial charge in [-0.15, -0.1) is 0 Å². The van der Waals surface area contributed by atoms with Crippen molar-refractivity contribution < 1.29 is 17.7 Å². The molecule has 0 saturated heterocycles. The summed E-state index contributed by atoms with van der Waals surface area (Å²) >= 11 is 0. The van der Waals surface area contributed by atoms with Gasteiger partial charge in [-0.25, -0.2) is 0 Å². The van der Waals surface area contributed by atoms with Crippen molar-refractivity contribution in [2.75, 3.05) is 0 Å². The van der Waals surface area contributed by atoms with Crippen molar-refractivity contribution in [2.24, 2.45) is 0 Å². The highest BCUT2D eigenvalue weighted by molar-refractivity contribution is 7.85. The molecule has 0 atom stereocenters. The Kier molecular flexibility index (Phi) is 9.31. The van der Waals surface area contributed by atoms with E-state index in [0.29, 0.717) is 5.56 Å². The Labute approximate surface area is 222 Å². The Hall–Kier alpha value is -2.98. The fourth-order valence-electron chi connectivity index (χ4n) is 3.83. The van der Waals surface area contributed by atoms with E-state index in [0.717, 1.165) is 16.9 Å². The summed E-state index contributed by atoms with van der Waals surface area (Å²) in [7, 11) is -4.62. The van der Waals surface area contributed by atoms with Gasteiger partial charge >= 0.3 is 0 Å². The van der Waals surface area contributed by atoms with E-state index in [4.69, 9.17) is 9.29 Å². The van der Waals surface area contributed by atoms with E-state index in [2.05, 4.69) is 106 Å². The fourth-order valence-corrected chi connectivity index (χ4v) is 6.89. The third-order valence-corrected chi connectivity index (χ3v) is 9.28. The maximum absolute atomic E-state index is 10.9. The third-order valence-electron chi connectivity index (χ3n) is 5.83. The number of benzene rings is 4. The molecule has 0 unspecified atom stereocenters. The molecule has 0 saturated carbocycles. The van der Waals surface area contributed by atoms with E-state index < -0.39 is 18.0 Å². The highest BCUT2D eigenvalue weighted by Crippen LogP contribution is 2.33. The van der Waals surface area contributed by atoms with E-state index in [9.17, 15) is 8.42 Å². The largest absolute Gasteiger partial charge is 0.488 e. The quantitative estimate of drug-likeness (QED) is 0.235. The van der Waals surface area contributed by atoms with Gasteiger partial charge in [-0.3, -0.25) is 4.55 Å². The summed E-state index contributed by atoms with van der Waals surface area (Å²) in [6.07, 6.45) is 0. The second-order valence-electron chi connectivity index (χ2n) is 9.82. The zero-order valence-electron chi connectivity index (χ0n) is 22.3. The highest BCUT2D eigenvalue weighted by atomic mass is 32.2. The van der Waals surface area contributed by atoms with Crippen LogP contribution in [-0.4, -0.2) is 18.6 Å². The molecule has 37 heavy (non-hydrogen) atoms. The zero-order chi connectivity index (χ0) is 27.2. The summed E-state index contributed by atoms with van der Waals surface area (Å²) < 4.78 is 36.6. The Morgan fingerprint density at radius 3 is 1.54 bits per heavy atom. The lowest BCUT2D eigenvalue weighted by Crippen LogP contribution is -2.23. The second kappa shape index (κ2) is 12.0. The number of aryl methyl sites for hydroxylation is 1. The van der Waals surface area contributed by atoms with Crippen LogP contribution in [0, 0.1) is 20.8 Å². The van der Waals surface area contributed by atoms with Gasteiger partial charge < -0.3 is 4.74 Å². The van der Waals surface area contributed by atoms with Crippen LogP contribution < -0.4 is 20.7 Å². The van der Waals surface area contributed by atoms with Crippen LogP contribution in [0.25, 0.3) is 0 Å². The first-order valence-electron chi connectivity index (χ1n) is 12.1. The number of hydrogen-bond acceptors (Lipinski definition) is 3. The lowest BCUT2D eigenvalue weighted by molar-refractivity contribution is 0.131. The van der Waals surface area contributed by atoms with Crippen LogP contribution in [0.2, 0.25) is 0 Å². The van der Waals surface area contributed by atoms with Crippen molar-refractivity contribution in [1.29, 1.82) is 0 Å². The summed E-state index contributed by atoms with van der Waals surface area (Å²) in [6, 6.07) is 33.2. The smallest absolute Gasteiger partial charge is 0.294 e. The van der Waals surface area contributed by atoms with E-state index in [-0.39, 0.29) is 10.5 Å². The van der Waals surface area contributed by atoms with Gasteiger partial charge in [0, 0.05) is 0 Å². The molecule has 4 aromatic rings. The Morgan fingerprint density at radius 1 is 0.649 bits per heavy atom. The van der Waals surface area contributed by atoms with E-state index in [1.165, 1.54) is 22.0 Å². The molecule has 0 heterocycles. The first-order chi connectivity index (χ1) is 17.4. The molecular formula is C31H35O4PS. The monoisotopic (exact) mass is 534 g/mol. The summed E-state index contributed by atoms with van der Waals surface area (Å²) in [5.41, 5.74) is 2.35. The van der Waals surface area contributed by atoms with Crippen molar-refractivity contribution in [2.45, 2.75) is 52.0 Å². The molecule has 0 spiro atoms. The van der Waals surface area contributed by atoms with Crippen LogP contribution in [-0.2, 0) is 10.1 Å². The van der Waals surface area contributed by atoms with Crippen LogP contribution in [0.5, 0.6) is 5.75 Å². The van der Waals surface area contributed by atoms with Gasteiger partial charge in [-0.05, 0) is 100 Å². The number of rotatable bonds is 5. The molecule has 0 aliphatic heterocycles. The molecule has 0 bridgehead atoms. The second-order valence-corrected chi connectivity index (χ2v) is 13.4. The van der Waals surface area contributed by atoms with Crippen LogP contribution in [0.15, 0.2) is 102 Å². The minimum absolute atomic E-state index is 0.00407. The molecule has 4 aromatic carbocycles. The summed E-state index contributed by atoms with van der Waals surface area (Å²) in [4.78, 5) is -0.00407. The minimum Gasteiger partial charge on any atom is -0.488 e. The lowest BCUT2D eigenvalue weighted by Gasteiger charge is -2.23. The zero-order valence-corrected chi connectivity index (χ0v) is 24.0. The average Bonchev–Trinajstić information content (AvgIpc) is 2.84. The Balaban J connectivity index is 0.000000248. The van der Waals surface area contributed by atoms with Crippen LogP contribution >= 0.6 is 7.92 Å². The van der Waals surface area contributed by atoms with E-state index in [1.54, 1.807) is 13.0 Å². The molecule has 0 amide bonds. The summed E-state index contributed by atoms with van der Waals surface area (Å²) in [6.45, 7) is 11.6. The van der Waals surface area contributed by atoms with Gasteiger partial charge in [0.05, 0.1) is 4.90 Å². The lowest BCUT2D eigenvalue weighted by atomic mass is 10.1. The molecule has 0 fully saturated rings. The summed E-state index contributed by atoms with van der Waals surface area (Å²) in [5.74, 6) is 0.919. The van der Waals surface area contributed by atoms with Gasteiger partial charge in [0.25, 0.3) is 10.1 Å². The molecule has 0 aliphatic rings. The van der Waals surface area contributed by atoms with Gasteiger partial charge in [0.2, 0.25) is 0 Å². The van der Waals surface area contributed by atoms with Crippen LogP contribution in [0.1, 0.15) is 37.5 Å². The molecule has 4 rings (SSSR count). The normalized spacial score (nSPS) is 11.6. The standard InChI is InChI=1S/C22H23OP.C9H12O3S/c1-22(2,3)23-18-14-16-21(17-15-18)24(19-10-6-4-7-11-19)20-12-8-5-9-13-20;1-6-4-5-9(13(10,11)12)8(3)7(6)2/h4-17H,1-3H3;4-5H,1-3H3,(H,10,11,12). The predicted molar refractivity (Wildman–Crippen MR) is 156 cm³/mol. The maximum Gasteiger partial charge on any atom is 0.294 e. The minimum atomic E-state index is -4.07. The fraction of sp³-hybridized carbons (Fsp3) is 0.226. The average molecular weight is 535 g/mol. The van der Waals surface area contributed by atoms with Crippen molar-refractivity contribution >= 4 is 34.0 Å². The molecule has 0 radical (unpaired) electrons. The highest BCUT2D eigenvalue weighted by Gasteiger charge is 2.17. The van der Waals surface area contributed by atoms with Gasteiger partial charge in [-0.1, -0.05) is 78.9 Å². The molecule has 0 aliphatic carbocycles. The van der Waals surface area contributed by atoms with Gasteiger partial charge in [0.1, 0.15) is 11.4 Å². The molecule has 4 nitrogen and oxygen atoms in total. The van der Waals surface area contributed by atoms with Crippen LogP contribution in [0.4, 0.5) is 0 Å². The van der Waals surface area contributed by atoms with Crippen LogP contribution in [0.3, 0.4) is 0 Å². The first-order valence-corrected chi connectivity index (χ1v) is 14.9. The van der Waals surface area contributed by atoms with E-state index in [1.807, 2.05) is 13.8 Å². The Morgan fingerprint density at radius 2 is 1.11 bits per heavy atom. The molecule has 0 aromatic heterocycles. The van der Waals surface area contributed by atoms with Crippen molar-refractivity contribution in [3.05, 3.63) is 114 Å². The van der Waals surface area contributed by atoms with Gasteiger partial charge in [0.15, 0.2) is 0 Å². The number of hydrogen-bond donors (Lipinski definition) is 1. The summed E-state index contributed by atoms with van der Waals surface area (Å²) in [5, 5.41) is 4.06. The van der Waals surface area contributed by atoms with E-state index >= 15 is 0 Å². The number of ether oxygens (including phenoxy) is 1. The SMILES string of the molecule is CC(C)(C)Oc1ccc(P(c2ccccc2)c2ccccc2)cc1.Cc1ccc(S(=O)(=O)O)c(C)c1C. The van der Waals surface area contributed by atoms with Crippen molar-refractivity contribution in [3.63, 3.8) is 0 Å². The molecular weight excluding hydrogens is 499 g/mol. The maximum atomic E-state index is 10.9. The predicted octanol–water partition coefficient (Wildman–Crippen LogP) is 6.48. The first kappa shape index (κ1) is 28.6. The van der Waals surface area contributed by atoms with Gasteiger partial charge in [-0.2, -0.15) is 8.42 Å². The molecule has 6 heteroatoms. The molecule has 194 valence electrons. The molecule has 1 N–H and O–H groups in total. The van der Waals surface area contributed by atoms with Crippen molar-refractivity contribution in [1.82, 2.24) is 0 Å². The Bertz CT molecular complexity index is 1370. The third kappa shape index (κ3) is 8.00. The van der Waals surface area contributed by atoms with Crippen molar-refractivity contribution in [3.8, 4) is 5.75 Å².